The number of nitrogens with two attached hydrogens (primary N) is 1. The number of nitrogens with one attached hydrogen (secondary N) is 1. The summed E-state index contributed by atoms with van der Waals surface area (Å²) in [5.74, 6) is 0.101. The molecule has 70 valence electrons. The lowest BCUT2D eigenvalue weighted by molar-refractivity contribution is 0.407. The van der Waals surface area contributed by atoms with E-state index in [0.29, 0.717) is 5.75 Å². The Bertz CT molecular complexity index is 325. The number of rotatable bonds is 3. The van der Waals surface area contributed by atoms with Gasteiger partial charge < -0.3 is 10.5 Å². The fourth-order valence-corrected chi connectivity index (χ4v) is 1.07. The molecule has 4 heteroatoms. The second kappa shape index (κ2) is 3.89. The summed E-state index contributed by atoms with van der Waals surface area (Å²) in [6, 6.07) is 4.16. The van der Waals surface area contributed by atoms with Crippen LogP contribution in [0.25, 0.3) is 0 Å². The summed E-state index contributed by atoms with van der Waals surface area (Å²) in [6.45, 7) is 0. The van der Waals surface area contributed by atoms with Crippen LogP contribution in [0.5, 0.6) is 5.75 Å². The molecule has 0 aliphatic heterocycles. The predicted molar refractivity (Wildman–Crippen MR) is 48.6 cm³/mol. The zero-order chi connectivity index (χ0) is 9.84. The molecule has 3 N–H and O–H groups in total. The average Bonchev–Trinajstić information content (AvgIpc) is 2.07. The zero-order valence-corrected chi connectivity index (χ0v) is 7.30. The van der Waals surface area contributed by atoms with Crippen LogP contribution in [0.1, 0.15) is 5.56 Å². The second-order valence-corrected chi connectivity index (χ2v) is 2.66. The van der Waals surface area contributed by atoms with Crippen LogP contribution in [0.4, 0.5) is 4.39 Å². The third kappa shape index (κ3) is 2.43. The fraction of sp³-hybridized carbons (Fsp3) is 0.222. The maximum atomic E-state index is 12.7. The molecule has 0 radical (unpaired) electrons. The van der Waals surface area contributed by atoms with Crippen LogP contribution in [0.2, 0.25) is 0 Å². The first-order valence-corrected chi connectivity index (χ1v) is 3.79. The first-order valence-electron chi connectivity index (χ1n) is 3.79. The number of methoxy groups -OCH3 is 1. The Kier molecular flexibility index (Phi) is 2.84. The van der Waals surface area contributed by atoms with E-state index < -0.39 is 0 Å². The van der Waals surface area contributed by atoms with E-state index in [1.165, 1.54) is 19.2 Å². The van der Waals surface area contributed by atoms with E-state index in [-0.39, 0.29) is 18.1 Å². The molecule has 0 atom stereocenters. The maximum Gasteiger partial charge on any atom is 0.126 e. The highest BCUT2D eigenvalue weighted by molar-refractivity contribution is 5.80. The number of ether oxygens (including phenoxy) is 1. The number of hydrogen-bond donors (Lipinski definition) is 2. The van der Waals surface area contributed by atoms with Gasteiger partial charge in [-0.05, 0) is 6.07 Å². The van der Waals surface area contributed by atoms with Crippen molar-refractivity contribution in [1.29, 1.82) is 5.41 Å². The number of hydrogen-bond acceptors (Lipinski definition) is 2. The van der Waals surface area contributed by atoms with Crippen LogP contribution >= 0.6 is 0 Å². The second-order valence-electron chi connectivity index (χ2n) is 2.66. The summed E-state index contributed by atoms with van der Waals surface area (Å²) in [6.07, 6.45) is 0.281. The lowest BCUT2D eigenvalue weighted by Gasteiger charge is -2.06. The molecular weight excluding hydrogens is 171 g/mol. The fourth-order valence-electron chi connectivity index (χ4n) is 1.07. The molecule has 0 aromatic heterocycles. The molecule has 3 nitrogen and oxygen atoms in total. The minimum absolute atomic E-state index is 0.0323. The molecule has 0 heterocycles. The third-order valence-corrected chi connectivity index (χ3v) is 1.63. The molecule has 0 aliphatic rings. The van der Waals surface area contributed by atoms with Crippen molar-refractivity contribution >= 4 is 5.84 Å². The normalized spacial score (nSPS) is 9.69. The summed E-state index contributed by atoms with van der Waals surface area (Å²) in [4.78, 5) is 0. The van der Waals surface area contributed by atoms with E-state index in [2.05, 4.69) is 0 Å². The molecule has 0 saturated carbocycles. The molecule has 1 aromatic rings. The largest absolute Gasteiger partial charge is 0.496 e. The topological polar surface area (TPSA) is 59.1 Å². The molecule has 0 amide bonds. The van der Waals surface area contributed by atoms with Crippen LogP contribution in [-0.4, -0.2) is 12.9 Å². The smallest absolute Gasteiger partial charge is 0.126 e. The van der Waals surface area contributed by atoms with Gasteiger partial charge in [-0.1, -0.05) is 6.07 Å². The summed E-state index contributed by atoms with van der Waals surface area (Å²) in [7, 11) is 1.46. The molecule has 0 aliphatic carbocycles. The van der Waals surface area contributed by atoms with Crippen LogP contribution < -0.4 is 10.5 Å². The summed E-state index contributed by atoms with van der Waals surface area (Å²) < 4.78 is 17.6. The Morgan fingerprint density at radius 2 is 2.31 bits per heavy atom. The molecule has 1 rings (SSSR count). The summed E-state index contributed by atoms with van der Waals surface area (Å²) >= 11 is 0. The van der Waals surface area contributed by atoms with Gasteiger partial charge in [-0.15, -0.1) is 0 Å². The molecule has 13 heavy (non-hydrogen) atoms. The van der Waals surface area contributed by atoms with Crippen LogP contribution in [0.3, 0.4) is 0 Å². The Morgan fingerprint density at radius 1 is 1.62 bits per heavy atom. The first kappa shape index (κ1) is 9.51. The molecule has 0 unspecified atom stereocenters. The first-order chi connectivity index (χ1) is 6.13. The van der Waals surface area contributed by atoms with Gasteiger partial charge in [0.05, 0.1) is 12.9 Å². The van der Waals surface area contributed by atoms with E-state index >= 15 is 0 Å². The molecule has 0 fully saturated rings. The van der Waals surface area contributed by atoms with Gasteiger partial charge in [-0.25, -0.2) is 4.39 Å². The molecule has 0 bridgehead atoms. The van der Waals surface area contributed by atoms with Gasteiger partial charge in [0.25, 0.3) is 0 Å². The van der Waals surface area contributed by atoms with Gasteiger partial charge >= 0.3 is 0 Å². The summed E-state index contributed by atoms with van der Waals surface area (Å²) in [5.41, 5.74) is 5.94. The highest BCUT2D eigenvalue weighted by atomic mass is 19.1. The van der Waals surface area contributed by atoms with Crippen molar-refractivity contribution in [3.8, 4) is 5.75 Å². The van der Waals surface area contributed by atoms with Crippen molar-refractivity contribution in [2.75, 3.05) is 7.11 Å². The van der Waals surface area contributed by atoms with Crippen molar-refractivity contribution in [2.24, 2.45) is 5.73 Å². The number of amidine groups is 1. The van der Waals surface area contributed by atoms with E-state index in [4.69, 9.17) is 15.9 Å². The van der Waals surface area contributed by atoms with Gasteiger partial charge in [0, 0.05) is 18.1 Å². The van der Waals surface area contributed by atoms with E-state index in [0.717, 1.165) is 5.56 Å². The van der Waals surface area contributed by atoms with Gasteiger partial charge in [0.2, 0.25) is 0 Å². The average molecular weight is 182 g/mol. The van der Waals surface area contributed by atoms with Crippen molar-refractivity contribution in [3.05, 3.63) is 29.6 Å². The third-order valence-electron chi connectivity index (χ3n) is 1.63. The monoisotopic (exact) mass is 182 g/mol. The number of halogens is 1. The Hall–Kier alpha value is -1.58. The van der Waals surface area contributed by atoms with Crippen molar-refractivity contribution in [3.63, 3.8) is 0 Å². The highest BCUT2D eigenvalue weighted by Crippen LogP contribution is 2.19. The van der Waals surface area contributed by atoms with Gasteiger partial charge in [-0.3, -0.25) is 5.41 Å². The van der Waals surface area contributed by atoms with Crippen LogP contribution in [-0.2, 0) is 6.42 Å². The maximum absolute atomic E-state index is 12.7. The Balaban J connectivity index is 2.99. The predicted octanol–water partition coefficient (Wildman–Crippen LogP) is 1.31. The summed E-state index contributed by atoms with van der Waals surface area (Å²) in [5, 5.41) is 7.09. The standard InChI is InChI=1S/C9H11FN2O/c1-13-8-5-7(10)3-2-6(8)4-9(11)12/h2-3,5H,4H2,1H3,(H3,11,12). The lowest BCUT2D eigenvalue weighted by atomic mass is 10.1. The Labute approximate surface area is 75.8 Å². The SMILES string of the molecule is COc1cc(F)ccc1CC(=N)N. The van der Waals surface area contributed by atoms with Gasteiger partial charge in [-0.2, -0.15) is 0 Å². The molecular formula is C9H11FN2O. The van der Waals surface area contributed by atoms with Crippen LogP contribution in [0, 0.1) is 11.2 Å². The van der Waals surface area contributed by atoms with Gasteiger partial charge in [0.1, 0.15) is 11.6 Å². The lowest BCUT2D eigenvalue weighted by Crippen LogP contribution is -2.13. The quantitative estimate of drug-likeness (QED) is 0.547. The van der Waals surface area contributed by atoms with Crippen molar-refractivity contribution in [1.82, 2.24) is 0 Å². The van der Waals surface area contributed by atoms with E-state index in [1.807, 2.05) is 0 Å². The molecule has 1 aromatic carbocycles. The van der Waals surface area contributed by atoms with Crippen molar-refractivity contribution in [2.45, 2.75) is 6.42 Å². The van der Waals surface area contributed by atoms with Crippen molar-refractivity contribution < 1.29 is 9.13 Å². The molecule has 0 saturated heterocycles. The zero-order valence-electron chi connectivity index (χ0n) is 7.30. The van der Waals surface area contributed by atoms with Crippen LogP contribution in [0.15, 0.2) is 18.2 Å². The van der Waals surface area contributed by atoms with E-state index in [1.54, 1.807) is 6.07 Å². The van der Waals surface area contributed by atoms with Gasteiger partial charge in [0.15, 0.2) is 0 Å². The highest BCUT2D eigenvalue weighted by Gasteiger charge is 2.04. The minimum Gasteiger partial charge on any atom is -0.496 e. The minimum atomic E-state index is -0.357. The molecule has 0 spiro atoms. The Morgan fingerprint density at radius 3 is 2.85 bits per heavy atom. The number of benzene rings is 1. The van der Waals surface area contributed by atoms with E-state index in [9.17, 15) is 4.39 Å².